The van der Waals surface area contributed by atoms with E-state index in [0.717, 1.165) is 24.2 Å². The fraction of sp³-hybridized carbons (Fsp3) is 0.611. The van der Waals surface area contributed by atoms with Crippen LogP contribution >= 0.6 is 11.8 Å². The highest BCUT2D eigenvalue weighted by atomic mass is 32.2. The van der Waals surface area contributed by atoms with Crippen LogP contribution in [0.15, 0.2) is 23.2 Å². The molecule has 0 spiro atoms. The number of benzene rings is 1. The van der Waals surface area contributed by atoms with E-state index < -0.39 is 24.0 Å². The molecule has 1 aromatic rings. The van der Waals surface area contributed by atoms with E-state index in [4.69, 9.17) is 31.1 Å². The summed E-state index contributed by atoms with van der Waals surface area (Å²) in [6.07, 6.45) is 8.24. The highest BCUT2D eigenvalue weighted by Crippen LogP contribution is 2.35. The largest absolute Gasteiger partial charge is 0.480 e. The third-order valence-electron chi connectivity index (χ3n) is 8.28. The average Bonchev–Trinajstić information content (AvgIpc) is 3.69. The van der Waals surface area contributed by atoms with Crippen molar-refractivity contribution in [1.82, 2.24) is 21.3 Å². The maximum Gasteiger partial charge on any atom is 0.326 e. The van der Waals surface area contributed by atoms with Crippen molar-refractivity contribution in [3.8, 4) is 12.3 Å². The number of aryl methyl sites for hydroxylation is 1. The number of fused-ring (bicyclic) bond motifs is 1. The molecule has 4 unspecified atom stereocenters. The molecule has 54 heavy (non-hydrogen) atoms. The topological polar surface area (TPSA) is 241 Å². The molecule has 0 bridgehead atoms. The number of rotatable bonds is 26. The van der Waals surface area contributed by atoms with Crippen molar-refractivity contribution in [1.29, 1.82) is 0 Å². The zero-order chi connectivity index (χ0) is 39.1. The van der Waals surface area contributed by atoms with Crippen LogP contribution in [0.2, 0.25) is 0 Å². The van der Waals surface area contributed by atoms with Crippen LogP contribution in [-0.2, 0) is 33.3 Å². The molecule has 4 amide bonds. The third kappa shape index (κ3) is 17.1. The summed E-state index contributed by atoms with van der Waals surface area (Å²) in [5.41, 5.74) is 7.29. The molecule has 1 saturated heterocycles. The summed E-state index contributed by atoms with van der Waals surface area (Å²) in [6, 6.07) is 3.87. The van der Waals surface area contributed by atoms with Crippen LogP contribution < -0.4 is 32.3 Å². The lowest BCUT2D eigenvalue weighted by Gasteiger charge is -2.16. The van der Waals surface area contributed by atoms with Crippen LogP contribution in [0.3, 0.4) is 0 Å². The molecule has 4 atom stereocenters. The van der Waals surface area contributed by atoms with E-state index in [1.54, 1.807) is 25.1 Å². The molecule has 17 nitrogen and oxygen atoms in total. The molecule has 0 radical (unpaired) electrons. The van der Waals surface area contributed by atoms with Gasteiger partial charge in [0.25, 0.3) is 5.91 Å². The number of urea groups is 1. The van der Waals surface area contributed by atoms with Crippen molar-refractivity contribution in [3.05, 3.63) is 29.3 Å². The fourth-order valence-electron chi connectivity index (χ4n) is 5.68. The van der Waals surface area contributed by atoms with Crippen molar-refractivity contribution in [2.24, 2.45) is 10.7 Å². The Bertz CT molecular complexity index is 1470. The number of aliphatic imine (C=N–C) groups is 1. The molecule has 1 aromatic carbocycles. The number of amides is 4. The maximum absolute atomic E-state index is 12.9. The minimum absolute atomic E-state index is 0.0566. The summed E-state index contributed by atoms with van der Waals surface area (Å²) in [5, 5.41) is 23.9. The SMILES string of the molecule is C#CCOC(=O)CCOCCOCCOCCNC(=O)Nc1cc(C)cc(C(=O)NCCCC(NC(=O)CCCCC2SCC3NC(N)=NC32)C(=O)O)c1. The second kappa shape index (κ2) is 24.7. The maximum atomic E-state index is 12.9. The Kier molecular flexibility index (Phi) is 20.0. The number of carbonyl (C=O) groups is 5. The van der Waals surface area contributed by atoms with Gasteiger partial charge in [0, 0.05) is 41.8 Å². The lowest BCUT2D eigenvalue weighted by atomic mass is 10.0. The Morgan fingerprint density at radius 3 is 2.48 bits per heavy atom. The van der Waals surface area contributed by atoms with E-state index in [9.17, 15) is 29.1 Å². The van der Waals surface area contributed by atoms with Gasteiger partial charge in [-0.1, -0.05) is 12.3 Å². The van der Waals surface area contributed by atoms with Crippen molar-refractivity contribution < 1.29 is 48.0 Å². The minimum atomic E-state index is -1.13. The van der Waals surface area contributed by atoms with Gasteiger partial charge in [0.2, 0.25) is 5.91 Å². The Morgan fingerprint density at radius 2 is 1.74 bits per heavy atom. The molecule has 8 N–H and O–H groups in total. The molecule has 2 aliphatic heterocycles. The van der Waals surface area contributed by atoms with Gasteiger partial charge in [0.1, 0.15) is 6.04 Å². The molecule has 298 valence electrons. The summed E-state index contributed by atoms with van der Waals surface area (Å²) in [7, 11) is 0. The smallest absolute Gasteiger partial charge is 0.326 e. The number of nitrogens with zero attached hydrogens (tertiary/aromatic N) is 1. The summed E-state index contributed by atoms with van der Waals surface area (Å²) >= 11 is 1.86. The quantitative estimate of drug-likeness (QED) is 0.0398. The summed E-state index contributed by atoms with van der Waals surface area (Å²) < 4.78 is 20.8. The summed E-state index contributed by atoms with van der Waals surface area (Å²) in [5.74, 6) is 1.42. The first-order valence-corrected chi connectivity index (χ1v) is 19.1. The molecule has 0 saturated carbocycles. The molecule has 1 fully saturated rings. The van der Waals surface area contributed by atoms with Crippen LogP contribution in [0, 0.1) is 19.3 Å². The summed E-state index contributed by atoms with van der Waals surface area (Å²) in [6.45, 7) is 3.94. The normalized spacial score (nSPS) is 17.6. The van der Waals surface area contributed by atoms with E-state index >= 15 is 0 Å². The number of terminal acetylenes is 1. The van der Waals surface area contributed by atoms with Gasteiger partial charge >= 0.3 is 18.0 Å². The molecule has 2 aliphatic rings. The van der Waals surface area contributed by atoms with E-state index in [1.807, 2.05) is 11.8 Å². The Balaban J connectivity index is 1.23. The Hall–Kier alpha value is -4.57. The van der Waals surface area contributed by atoms with E-state index in [-0.39, 0.29) is 76.1 Å². The predicted octanol–water partition coefficient (Wildman–Crippen LogP) is 1.14. The second-order valence-electron chi connectivity index (χ2n) is 12.7. The van der Waals surface area contributed by atoms with Crippen molar-refractivity contribution in [3.63, 3.8) is 0 Å². The Morgan fingerprint density at radius 1 is 1.00 bits per heavy atom. The van der Waals surface area contributed by atoms with Crippen LogP contribution in [0.4, 0.5) is 10.5 Å². The molecular weight excluding hydrogens is 723 g/mol. The lowest BCUT2D eigenvalue weighted by molar-refractivity contribution is -0.143. The highest BCUT2D eigenvalue weighted by Gasteiger charge is 2.40. The molecule has 0 aliphatic carbocycles. The van der Waals surface area contributed by atoms with Crippen LogP contribution in [0.25, 0.3) is 0 Å². The Labute approximate surface area is 320 Å². The lowest BCUT2D eigenvalue weighted by Crippen LogP contribution is -2.41. The number of anilines is 1. The summed E-state index contributed by atoms with van der Waals surface area (Å²) in [4.78, 5) is 65.3. The number of aliphatic carboxylic acids is 1. The van der Waals surface area contributed by atoms with Crippen LogP contribution in [0.5, 0.6) is 0 Å². The van der Waals surface area contributed by atoms with Gasteiger partial charge in [-0.2, -0.15) is 11.8 Å². The average molecular weight is 776 g/mol. The minimum Gasteiger partial charge on any atom is -0.480 e. The zero-order valence-electron chi connectivity index (χ0n) is 30.7. The standard InChI is InChI=1S/C36H53N7O10S/c1-3-13-53-31(45)10-14-50-16-18-52-19-17-51-15-12-39-36(49)40-26-21-24(2)20-25(22-26)33(46)38-11-6-7-27(34(47)48)41-30(44)9-5-4-8-29-32-28(23-54-29)42-35(37)43-32/h1,20-22,27-29,32H,4-19,23H2,2H3,(H,38,46)(H,41,44)(H,47,48)(H3,37,42,43)(H2,39,40,49). The number of hydrogen-bond acceptors (Lipinski definition) is 13. The highest BCUT2D eigenvalue weighted by molar-refractivity contribution is 8.00. The van der Waals surface area contributed by atoms with E-state index in [2.05, 4.69) is 37.5 Å². The van der Waals surface area contributed by atoms with Crippen LogP contribution in [0.1, 0.15) is 60.9 Å². The fourth-order valence-corrected chi connectivity index (χ4v) is 7.20. The van der Waals surface area contributed by atoms with Crippen LogP contribution in [-0.4, -0.2) is 129 Å². The third-order valence-corrected chi connectivity index (χ3v) is 9.77. The van der Waals surface area contributed by atoms with E-state index in [0.29, 0.717) is 61.7 Å². The number of nitrogens with two attached hydrogens (primary N) is 1. The van der Waals surface area contributed by atoms with Gasteiger partial charge in [-0.3, -0.25) is 14.4 Å². The first-order valence-electron chi connectivity index (χ1n) is 18.1. The van der Waals surface area contributed by atoms with Crippen molar-refractivity contribution >= 4 is 53.2 Å². The van der Waals surface area contributed by atoms with Gasteiger partial charge in [-0.25, -0.2) is 14.6 Å². The van der Waals surface area contributed by atoms with Gasteiger partial charge in [0.15, 0.2) is 12.6 Å². The first kappa shape index (κ1) is 43.8. The predicted molar refractivity (Wildman–Crippen MR) is 203 cm³/mol. The molecule has 0 aromatic heterocycles. The number of esters is 1. The van der Waals surface area contributed by atoms with Crippen molar-refractivity contribution in [2.45, 2.75) is 75.2 Å². The number of thioether (sulfide) groups is 1. The monoisotopic (exact) mass is 775 g/mol. The molecular formula is C36H53N7O10S. The van der Waals surface area contributed by atoms with Gasteiger partial charge < -0.3 is 56.4 Å². The molecule has 2 heterocycles. The number of carbonyl (C=O) groups excluding carboxylic acids is 4. The number of guanidine groups is 1. The van der Waals surface area contributed by atoms with Gasteiger partial charge in [-0.05, 0) is 56.4 Å². The number of carboxylic acids is 1. The second-order valence-corrected chi connectivity index (χ2v) is 13.9. The molecule has 3 rings (SSSR count). The number of hydrogen-bond donors (Lipinski definition) is 7. The van der Waals surface area contributed by atoms with Gasteiger partial charge in [0.05, 0.1) is 58.1 Å². The number of ether oxygens (including phenoxy) is 4. The van der Waals surface area contributed by atoms with Crippen molar-refractivity contribution in [2.75, 3.05) is 70.4 Å². The number of carboxylic acid groups (broad SMARTS) is 1. The van der Waals surface area contributed by atoms with E-state index in [1.165, 1.54) is 0 Å². The zero-order valence-corrected chi connectivity index (χ0v) is 31.5. The van der Waals surface area contributed by atoms with Gasteiger partial charge in [-0.15, -0.1) is 6.42 Å². The first-order chi connectivity index (χ1) is 26.0. The number of unbranched alkanes of at least 4 members (excludes halogenated alkanes) is 1. The molecule has 18 heteroatoms. The number of nitrogens with one attached hydrogen (secondary N) is 5.